The van der Waals surface area contributed by atoms with E-state index in [1.807, 2.05) is 18.2 Å². The van der Waals surface area contributed by atoms with Crippen molar-refractivity contribution in [3.63, 3.8) is 0 Å². The highest BCUT2D eigenvalue weighted by Gasteiger charge is 2.17. The molecule has 0 aliphatic heterocycles. The second-order valence-corrected chi connectivity index (χ2v) is 4.56. The lowest BCUT2D eigenvalue weighted by Crippen LogP contribution is -2.13. The van der Waals surface area contributed by atoms with Gasteiger partial charge in [0.05, 0.1) is 7.11 Å². The van der Waals surface area contributed by atoms with Crippen LogP contribution in [0.1, 0.15) is 29.5 Å². The van der Waals surface area contributed by atoms with Gasteiger partial charge in [-0.25, -0.2) is 0 Å². The molecule has 4 nitrogen and oxygen atoms in total. The van der Waals surface area contributed by atoms with Gasteiger partial charge in [-0.15, -0.1) is 0 Å². The van der Waals surface area contributed by atoms with Crippen LogP contribution in [0.2, 0.25) is 0 Å². The third-order valence-corrected chi connectivity index (χ3v) is 3.43. The van der Waals surface area contributed by atoms with Crippen LogP contribution in [-0.4, -0.2) is 13.0 Å². The lowest BCUT2D eigenvalue weighted by atomic mass is 9.87. The van der Waals surface area contributed by atoms with Crippen LogP contribution in [0.3, 0.4) is 0 Å². The lowest BCUT2D eigenvalue weighted by Gasteiger charge is -2.20. The highest BCUT2D eigenvalue weighted by Crippen LogP contribution is 2.33. The van der Waals surface area contributed by atoms with Gasteiger partial charge in [-0.3, -0.25) is 4.79 Å². The Kier molecular flexibility index (Phi) is 3.86. The minimum Gasteiger partial charge on any atom is -0.496 e. The molecule has 0 radical (unpaired) electrons. The topological polar surface area (TPSA) is 76.1 Å². The third-order valence-electron chi connectivity index (χ3n) is 3.43. The SMILES string of the molecule is COc1ccc(C=C(C#N)C(N)=O)c2c1CCCC2. The van der Waals surface area contributed by atoms with Gasteiger partial charge in [0.1, 0.15) is 17.4 Å². The number of methoxy groups -OCH3 is 1. The van der Waals surface area contributed by atoms with Crippen molar-refractivity contribution < 1.29 is 9.53 Å². The molecule has 0 saturated heterocycles. The Labute approximate surface area is 112 Å². The maximum absolute atomic E-state index is 11.1. The maximum atomic E-state index is 11.1. The molecule has 1 aromatic carbocycles. The molecule has 0 bridgehead atoms. The first kappa shape index (κ1) is 13.2. The standard InChI is InChI=1S/C15H16N2O2/c1-19-14-7-6-10(8-11(9-16)15(17)18)12-4-2-3-5-13(12)14/h6-8H,2-5H2,1H3,(H2,17,18). The molecule has 0 spiro atoms. The largest absolute Gasteiger partial charge is 0.496 e. The molecule has 1 aliphatic rings. The number of hydrogen-bond acceptors (Lipinski definition) is 3. The second kappa shape index (κ2) is 5.57. The monoisotopic (exact) mass is 256 g/mol. The van der Waals surface area contributed by atoms with Crippen LogP contribution in [0.5, 0.6) is 5.75 Å². The van der Waals surface area contributed by atoms with Gasteiger partial charge >= 0.3 is 0 Å². The Balaban J connectivity index is 2.54. The molecule has 1 amide bonds. The molecule has 0 fully saturated rings. The Morgan fingerprint density at radius 1 is 1.37 bits per heavy atom. The van der Waals surface area contributed by atoms with E-state index in [1.165, 1.54) is 11.1 Å². The van der Waals surface area contributed by atoms with Gasteiger partial charge in [0, 0.05) is 0 Å². The van der Waals surface area contributed by atoms with Crippen molar-refractivity contribution in [1.29, 1.82) is 5.26 Å². The number of nitrogens with two attached hydrogens (primary N) is 1. The fraction of sp³-hybridized carbons (Fsp3) is 0.333. The van der Waals surface area contributed by atoms with Crippen molar-refractivity contribution in [3.8, 4) is 11.8 Å². The number of hydrogen-bond donors (Lipinski definition) is 1. The number of fused-ring (bicyclic) bond motifs is 1. The van der Waals surface area contributed by atoms with E-state index in [2.05, 4.69) is 0 Å². The number of nitriles is 1. The normalized spacial score (nSPS) is 14.4. The van der Waals surface area contributed by atoms with Crippen molar-refractivity contribution in [3.05, 3.63) is 34.4 Å². The molecule has 98 valence electrons. The molecule has 2 N–H and O–H groups in total. The Morgan fingerprint density at radius 3 is 2.63 bits per heavy atom. The Hall–Kier alpha value is -2.28. The minimum absolute atomic E-state index is 0.0158. The predicted octanol–water partition coefficient (Wildman–Crippen LogP) is 1.97. The summed E-state index contributed by atoms with van der Waals surface area (Å²) in [5.41, 5.74) is 8.40. The van der Waals surface area contributed by atoms with Crippen molar-refractivity contribution in [2.24, 2.45) is 5.73 Å². The van der Waals surface area contributed by atoms with Gasteiger partial charge in [-0.05, 0) is 54.5 Å². The number of primary amides is 1. The van der Waals surface area contributed by atoms with Gasteiger partial charge in [-0.2, -0.15) is 5.26 Å². The Bertz CT molecular complexity index is 583. The first-order valence-electron chi connectivity index (χ1n) is 6.27. The molecule has 1 aliphatic carbocycles. The molecule has 0 heterocycles. The first-order valence-corrected chi connectivity index (χ1v) is 6.27. The van der Waals surface area contributed by atoms with E-state index in [-0.39, 0.29) is 5.57 Å². The number of benzene rings is 1. The molecular weight excluding hydrogens is 240 g/mol. The summed E-state index contributed by atoms with van der Waals surface area (Å²) in [5.74, 6) is 0.187. The molecule has 2 rings (SSSR count). The summed E-state index contributed by atoms with van der Waals surface area (Å²) in [6.45, 7) is 0. The number of carbonyl (C=O) groups excluding carboxylic acids is 1. The Morgan fingerprint density at radius 2 is 2.05 bits per heavy atom. The van der Waals surface area contributed by atoms with E-state index in [1.54, 1.807) is 13.2 Å². The molecule has 0 saturated carbocycles. The van der Waals surface area contributed by atoms with E-state index in [0.717, 1.165) is 37.0 Å². The van der Waals surface area contributed by atoms with E-state index < -0.39 is 5.91 Å². The van der Waals surface area contributed by atoms with Gasteiger partial charge in [0.2, 0.25) is 0 Å². The number of nitrogens with zero attached hydrogens (tertiary/aromatic N) is 1. The molecule has 19 heavy (non-hydrogen) atoms. The zero-order valence-corrected chi connectivity index (χ0v) is 10.9. The molecule has 0 atom stereocenters. The van der Waals surface area contributed by atoms with Crippen LogP contribution in [0.4, 0.5) is 0 Å². The molecule has 4 heteroatoms. The highest BCUT2D eigenvalue weighted by atomic mass is 16.5. The molecule has 0 aromatic heterocycles. The smallest absolute Gasteiger partial charge is 0.259 e. The fourth-order valence-electron chi connectivity index (χ4n) is 2.50. The van der Waals surface area contributed by atoms with Crippen molar-refractivity contribution >= 4 is 12.0 Å². The predicted molar refractivity (Wildman–Crippen MR) is 72.4 cm³/mol. The number of ether oxygens (including phenoxy) is 1. The van der Waals surface area contributed by atoms with Crippen LogP contribution in [0.25, 0.3) is 6.08 Å². The summed E-state index contributed by atoms with van der Waals surface area (Å²) in [4.78, 5) is 11.1. The number of amides is 1. The van der Waals surface area contributed by atoms with E-state index >= 15 is 0 Å². The summed E-state index contributed by atoms with van der Waals surface area (Å²) in [6, 6.07) is 5.60. The fourth-order valence-corrected chi connectivity index (χ4v) is 2.50. The van der Waals surface area contributed by atoms with Gasteiger partial charge in [0.25, 0.3) is 5.91 Å². The van der Waals surface area contributed by atoms with E-state index in [0.29, 0.717) is 0 Å². The van der Waals surface area contributed by atoms with Crippen molar-refractivity contribution in [2.45, 2.75) is 25.7 Å². The average Bonchev–Trinajstić information content (AvgIpc) is 2.44. The maximum Gasteiger partial charge on any atom is 0.259 e. The number of carbonyl (C=O) groups is 1. The van der Waals surface area contributed by atoms with Crippen LogP contribution < -0.4 is 10.5 Å². The molecule has 1 aromatic rings. The summed E-state index contributed by atoms with van der Waals surface area (Å²) < 4.78 is 5.37. The zero-order valence-electron chi connectivity index (χ0n) is 10.9. The van der Waals surface area contributed by atoms with Crippen LogP contribution in [0.15, 0.2) is 17.7 Å². The average molecular weight is 256 g/mol. The van der Waals surface area contributed by atoms with Crippen LogP contribution in [0, 0.1) is 11.3 Å². The third kappa shape index (κ3) is 2.60. The van der Waals surface area contributed by atoms with Gasteiger partial charge in [0.15, 0.2) is 0 Å². The summed E-state index contributed by atoms with van der Waals surface area (Å²) in [7, 11) is 1.66. The van der Waals surface area contributed by atoms with Crippen LogP contribution >= 0.6 is 0 Å². The summed E-state index contributed by atoms with van der Waals surface area (Å²) in [6.07, 6.45) is 5.73. The molecule has 0 unspecified atom stereocenters. The molecular formula is C15H16N2O2. The minimum atomic E-state index is -0.692. The van der Waals surface area contributed by atoms with Crippen molar-refractivity contribution in [2.75, 3.05) is 7.11 Å². The highest BCUT2D eigenvalue weighted by molar-refractivity contribution is 6.00. The second-order valence-electron chi connectivity index (χ2n) is 4.56. The number of rotatable bonds is 3. The van der Waals surface area contributed by atoms with Gasteiger partial charge < -0.3 is 10.5 Å². The van der Waals surface area contributed by atoms with Gasteiger partial charge in [-0.1, -0.05) is 6.07 Å². The summed E-state index contributed by atoms with van der Waals surface area (Å²) in [5, 5.41) is 8.92. The lowest BCUT2D eigenvalue weighted by molar-refractivity contribution is -0.114. The quantitative estimate of drug-likeness (QED) is 0.663. The zero-order chi connectivity index (χ0) is 13.8. The first-order chi connectivity index (χ1) is 9.17. The van der Waals surface area contributed by atoms with E-state index in [9.17, 15) is 4.79 Å². The van der Waals surface area contributed by atoms with Crippen molar-refractivity contribution in [1.82, 2.24) is 0 Å². The van der Waals surface area contributed by atoms with E-state index in [4.69, 9.17) is 15.7 Å². The van der Waals surface area contributed by atoms with Crippen LogP contribution in [-0.2, 0) is 17.6 Å². The summed E-state index contributed by atoms with van der Waals surface area (Å²) >= 11 is 0.